The van der Waals surface area contributed by atoms with Crippen LogP contribution >= 0.6 is 0 Å². The monoisotopic (exact) mass is 232 g/mol. The van der Waals surface area contributed by atoms with Gasteiger partial charge in [0.2, 0.25) is 5.91 Å². The van der Waals surface area contributed by atoms with Crippen molar-refractivity contribution in [1.82, 2.24) is 5.32 Å². The van der Waals surface area contributed by atoms with E-state index in [9.17, 15) is 4.79 Å². The van der Waals surface area contributed by atoms with Gasteiger partial charge in [-0.05, 0) is 36.6 Å². The summed E-state index contributed by atoms with van der Waals surface area (Å²) in [5.74, 6) is 1.07. The summed E-state index contributed by atoms with van der Waals surface area (Å²) < 4.78 is 0. The zero-order valence-electron chi connectivity index (χ0n) is 10.5. The molecule has 1 aliphatic heterocycles. The number of amides is 1. The van der Waals surface area contributed by atoms with Gasteiger partial charge in [0, 0.05) is 12.1 Å². The van der Waals surface area contributed by atoms with Crippen molar-refractivity contribution in [1.29, 1.82) is 0 Å². The lowest BCUT2D eigenvalue weighted by Crippen LogP contribution is -2.43. The summed E-state index contributed by atoms with van der Waals surface area (Å²) >= 11 is 0. The average Bonchev–Trinajstić information content (AvgIpc) is 2.24. The molecule has 1 aliphatic rings. The Balaban J connectivity index is 1.99. The molecule has 0 unspecified atom stereocenters. The molecule has 3 heteroatoms. The van der Waals surface area contributed by atoms with Crippen LogP contribution in [0, 0.1) is 5.92 Å². The molecule has 0 aliphatic carbocycles. The second kappa shape index (κ2) is 5.32. The zero-order valence-corrected chi connectivity index (χ0v) is 10.5. The van der Waals surface area contributed by atoms with Crippen molar-refractivity contribution in [2.45, 2.75) is 26.2 Å². The Kier molecular flexibility index (Phi) is 3.79. The van der Waals surface area contributed by atoms with Gasteiger partial charge in [-0.3, -0.25) is 4.79 Å². The SMILES string of the molecule is CC(C)c1ccccc1NC(=O)CC1CNC1. The highest BCUT2D eigenvalue weighted by molar-refractivity contribution is 5.91. The molecular formula is C14H20N2O. The van der Waals surface area contributed by atoms with Crippen LogP contribution in [0.5, 0.6) is 0 Å². The van der Waals surface area contributed by atoms with E-state index in [1.54, 1.807) is 0 Å². The Labute approximate surface area is 103 Å². The summed E-state index contributed by atoms with van der Waals surface area (Å²) in [6.07, 6.45) is 0.624. The highest BCUT2D eigenvalue weighted by atomic mass is 16.1. The van der Waals surface area contributed by atoms with Crippen LogP contribution in [0.2, 0.25) is 0 Å². The number of hydrogen-bond donors (Lipinski definition) is 2. The van der Waals surface area contributed by atoms with Gasteiger partial charge < -0.3 is 10.6 Å². The van der Waals surface area contributed by atoms with Crippen LogP contribution < -0.4 is 10.6 Å². The van der Waals surface area contributed by atoms with Crippen molar-refractivity contribution in [3.8, 4) is 0 Å². The molecule has 1 amide bonds. The van der Waals surface area contributed by atoms with Crippen molar-refractivity contribution in [3.05, 3.63) is 29.8 Å². The predicted molar refractivity (Wildman–Crippen MR) is 70.1 cm³/mol. The van der Waals surface area contributed by atoms with Crippen molar-refractivity contribution in [2.24, 2.45) is 5.92 Å². The number of hydrogen-bond acceptors (Lipinski definition) is 2. The molecule has 1 heterocycles. The van der Waals surface area contributed by atoms with E-state index in [4.69, 9.17) is 0 Å². The first-order valence-corrected chi connectivity index (χ1v) is 6.26. The number of nitrogens with one attached hydrogen (secondary N) is 2. The Morgan fingerprint density at radius 1 is 1.41 bits per heavy atom. The molecule has 0 atom stereocenters. The maximum Gasteiger partial charge on any atom is 0.224 e. The van der Waals surface area contributed by atoms with E-state index in [1.807, 2.05) is 18.2 Å². The summed E-state index contributed by atoms with van der Waals surface area (Å²) in [5, 5.41) is 6.20. The van der Waals surface area contributed by atoms with Crippen LogP contribution in [0.3, 0.4) is 0 Å². The van der Waals surface area contributed by atoms with Gasteiger partial charge in [0.05, 0.1) is 0 Å². The van der Waals surface area contributed by atoms with Gasteiger partial charge in [-0.25, -0.2) is 0 Å². The van der Waals surface area contributed by atoms with Crippen molar-refractivity contribution >= 4 is 11.6 Å². The molecule has 2 rings (SSSR count). The van der Waals surface area contributed by atoms with E-state index in [2.05, 4.69) is 30.5 Å². The van der Waals surface area contributed by atoms with Gasteiger partial charge in [-0.1, -0.05) is 32.0 Å². The fourth-order valence-corrected chi connectivity index (χ4v) is 2.07. The molecule has 0 radical (unpaired) electrons. The first-order chi connectivity index (χ1) is 8.16. The molecule has 0 spiro atoms. The minimum absolute atomic E-state index is 0.129. The van der Waals surface area contributed by atoms with Crippen LogP contribution in [0.15, 0.2) is 24.3 Å². The molecule has 17 heavy (non-hydrogen) atoms. The largest absolute Gasteiger partial charge is 0.326 e. The summed E-state index contributed by atoms with van der Waals surface area (Å²) in [5.41, 5.74) is 2.16. The Morgan fingerprint density at radius 3 is 2.71 bits per heavy atom. The van der Waals surface area contributed by atoms with E-state index < -0.39 is 0 Å². The topological polar surface area (TPSA) is 41.1 Å². The third-order valence-corrected chi connectivity index (χ3v) is 3.20. The smallest absolute Gasteiger partial charge is 0.224 e. The Morgan fingerprint density at radius 2 is 2.12 bits per heavy atom. The van der Waals surface area contributed by atoms with E-state index in [-0.39, 0.29) is 5.91 Å². The minimum Gasteiger partial charge on any atom is -0.326 e. The van der Waals surface area contributed by atoms with Gasteiger partial charge in [0.25, 0.3) is 0 Å². The maximum absolute atomic E-state index is 11.9. The fraction of sp³-hybridized carbons (Fsp3) is 0.500. The molecule has 1 saturated heterocycles. The van der Waals surface area contributed by atoms with Gasteiger partial charge in [0.1, 0.15) is 0 Å². The lowest BCUT2D eigenvalue weighted by Gasteiger charge is -2.26. The van der Waals surface area contributed by atoms with Crippen molar-refractivity contribution in [3.63, 3.8) is 0 Å². The van der Waals surface area contributed by atoms with Gasteiger partial charge >= 0.3 is 0 Å². The quantitative estimate of drug-likeness (QED) is 0.836. The van der Waals surface area contributed by atoms with Crippen LogP contribution in [-0.4, -0.2) is 19.0 Å². The highest BCUT2D eigenvalue weighted by Crippen LogP contribution is 2.24. The van der Waals surface area contributed by atoms with E-state index in [1.165, 1.54) is 5.56 Å². The Bertz CT molecular complexity index is 397. The number of carbonyl (C=O) groups excluding carboxylic acids is 1. The molecular weight excluding hydrogens is 212 g/mol. The lowest BCUT2D eigenvalue weighted by molar-refractivity contribution is -0.117. The molecule has 1 fully saturated rings. The van der Waals surface area contributed by atoms with Crippen molar-refractivity contribution in [2.75, 3.05) is 18.4 Å². The summed E-state index contributed by atoms with van der Waals surface area (Å²) in [6, 6.07) is 8.03. The highest BCUT2D eigenvalue weighted by Gasteiger charge is 2.20. The minimum atomic E-state index is 0.129. The third-order valence-electron chi connectivity index (χ3n) is 3.20. The van der Waals surface area contributed by atoms with Crippen LogP contribution in [0.1, 0.15) is 31.7 Å². The van der Waals surface area contributed by atoms with E-state index in [0.29, 0.717) is 18.3 Å². The second-order valence-electron chi connectivity index (χ2n) is 5.02. The lowest BCUT2D eigenvalue weighted by atomic mass is 9.98. The first kappa shape index (κ1) is 12.1. The maximum atomic E-state index is 11.9. The summed E-state index contributed by atoms with van der Waals surface area (Å²) in [6.45, 7) is 6.22. The molecule has 3 nitrogen and oxygen atoms in total. The number of carbonyl (C=O) groups is 1. The molecule has 0 bridgehead atoms. The number of rotatable bonds is 4. The van der Waals surface area contributed by atoms with E-state index >= 15 is 0 Å². The zero-order chi connectivity index (χ0) is 12.3. The molecule has 0 aromatic heterocycles. The van der Waals surface area contributed by atoms with Gasteiger partial charge in [-0.15, -0.1) is 0 Å². The molecule has 92 valence electrons. The second-order valence-corrected chi connectivity index (χ2v) is 5.02. The van der Waals surface area contributed by atoms with E-state index in [0.717, 1.165) is 18.8 Å². The average molecular weight is 232 g/mol. The fourth-order valence-electron chi connectivity index (χ4n) is 2.07. The van der Waals surface area contributed by atoms with Crippen LogP contribution in [0.25, 0.3) is 0 Å². The number of para-hydroxylation sites is 1. The third kappa shape index (κ3) is 3.07. The predicted octanol–water partition coefficient (Wildman–Crippen LogP) is 2.36. The first-order valence-electron chi connectivity index (χ1n) is 6.26. The summed E-state index contributed by atoms with van der Waals surface area (Å²) in [7, 11) is 0. The Hall–Kier alpha value is -1.35. The molecule has 0 saturated carbocycles. The summed E-state index contributed by atoms with van der Waals surface area (Å²) in [4.78, 5) is 11.9. The van der Waals surface area contributed by atoms with Gasteiger partial charge in [0.15, 0.2) is 0 Å². The molecule has 1 aromatic rings. The number of benzene rings is 1. The van der Waals surface area contributed by atoms with Crippen LogP contribution in [-0.2, 0) is 4.79 Å². The number of anilines is 1. The molecule has 2 N–H and O–H groups in total. The normalized spacial score (nSPS) is 15.7. The standard InChI is InChI=1S/C14H20N2O/c1-10(2)12-5-3-4-6-13(12)16-14(17)7-11-8-15-9-11/h3-6,10-11,15H,7-9H2,1-2H3,(H,16,17). The van der Waals surface area contributed by atoms with Crippen molar-refractivity contribution < 1.29 is 4.79 Å². The van der Waals surface area contributed by atoms with Crippen LogP contribution in [0.4, 0.5) is 5.69 Å². The molecule has 1 aromatic carbocycles. The van der Waals surface area contributed by atoms with Gasteiger partial charge in [-0.2, -0.15) is 0 Å².